The van der Waals surface area contributed by atoms with E-state index in [1.807, 2.05) is 24.3 Å². The van der Waals surface area contributed by atoms with Gasteiger partial charge in [0, 0.05) is 28.8 Å². The van der Waals surface area contributed by atoms with Crippen LogP contribution < -0.4 is 5.32 Å². The summed E-state index contributed by atoms with van der Waals surface area (Å²) in [5, 5.41) is 6.79. The van der Waals surface area contributed by atoms with Crippen molar-refractivity contribution in [2.45, 2.75) is 18.8 Å². The van der Waals surface area contributed by atoms with E-state index in [9.17, 15) is 9.18 Å². The Labute approximate surface area is 180 Å². The van der Waals surface area contributed by atoms with Crippen LogP contribution in [0.3, 0.4) is 0 Å². The van der Waals surface area contributed by atoms with Crippen LogP contribution in [0.5, 0.6) is 0 Å². The molecule has 2 aromatic carbocycles. The lowest BCUT2D eigenvalue weighted by atomic mass is 9.98. The number of benzene rings is 2. The van der Waals surface area contributed by atoms with Crippen LogP contribution in [0.2, 0.25) is 5.02 Å². The summed E-state index contributed by atoms with van der Waals surface area (Å²) < 4.78 is 19.7. The van der Waals surface area contributed by atoms with Crippen LogP contribution in [-0.4, -0.2) is 34.2 Å². The summed E-state index contributed by atoms with van der Waals surface area (Å²) in [4.78, 5) is 18.8. The Bertz CT molecular complexity index is 1030. The highest BCUT2D eigenvalue weighted by atomic mass is 79.9. The van der Waals surface area contributed by atoms with Crippen molar-refractivity contribution in [3.05, 3.63) is 63.7 Å². The van der Waals surface area contributed by atoms with Crippen LogP contribution in [0.4, 0.5) is 14.9 Å². The van der Waals surface area contributed by atoms with Gasteiger partial charge in [-0.25, -0.2) is 9.18 Å². The molecule has 1 aliphatic rings. The van der Waals surface area contributed by atoms with Crippen molar-refractivity contribution in [1.29, 1.82) is 0 Å². The first-order chi connectivity index (χ1) is 14.0. The number of piperidine rings is 1. The van der Waals surface area contributed by atoms with E-state index in [1.165, 1.54) is 18.2 Å². The SMILES string of the molecule is O=C(Nc1ccc(F)c(Cl)c1)N1CCCC(c2nc(-c3ccc(Br)cc3)no2)C1. The fourth-order valence-corrected chi connectivity index (χ4v) is 3.70. The normalized spacial score (nSPS) is 16.7. The predicted octanol–water partition coefficient (Wildman–Crippen LogP) is 5.70. The number of carbonyl (C=O) groups excluding carboxylic acids is 1. The summed E-state index contributed by atoms with van der Waals surface area (Å²) in [5.74, 6) is 0.476. The third-order valence-corrected chi connectivity index (χ3v) is 5.59. The van der Waals surface area contributed by atoms with Crippen molar-refractivity contribution in [3.63, 3.8) is 0 Å². The minimum absolute atomic E-state index is 0.0364. The lowest BCUT2D eigenvalue weighted by molar-refractivity contribution is 0.184. The number of carbonyl (C=O) groups is 1. The Morgan fingerprint density at radius 3 is 2.83 bits per heavy atom. The summed E-state index contributed by atoms with van der Waals surface area (Å²) in [5.41, 5.74) is 1.31. The fraction of sp³-hybridized carbons (Fsp3) is 0.250. The molecule has 1 aromatic heterocycles. The number of likely N-dealkylation sites (tertiary alicyclic amines) is 1. The van der Waals surface area contributed by atoms with Crippen LogP contribution in [0.25, 0.3) is 11.4 Å². The van der Waals surface area contributed by atoms with Gasteiger partial charge in [0.05, 0.1) is 10.9 Å². The number of rotatable bonds is 3. The van der Waals surface area contributed by atoms with Gasteiger partial charge in [-0.05, 0) is 55.3 Å². The maximum absolute atomic E-state index is 13.3. The van der Waals surface area contributed by atoms with E-state index in [2.05, 4.69) is 31.4 Å². The second-order valence-electron chi connectivity index (χ2n) is 6.81. The van der Waals surface area contributed by atoms with Gasteiger partial charge in [-0.2, -0.15) is 4.98 Å². The van der Waals surface area contributed by atoms with E-state index in [4.69, 9.17) is 16.1 Å². The lowest BCUT2D eigenvalue weighted by Gasteiger charge is -2.31. The van der Waals surface area contributed by atoms with Gasteiger partial charge in [-0.3, -0.25) is 0 Å². The first-order valence-corrected chi connectivity index (χ1v) is 10.3. The van der Waals surface area contributed by atoms with E-state index in [0.717, 1.165) is 22.9 Å². The van der Waals surface area contributed by atoms with Gasteiger partial charge in [0.25, 0.3) is 0 Å². The minimum Gasteiger partial charge on any atom is -0.339 e. The number of aromatic nitrogens is 2. The van der Waals surface area contributed by atoms with Crippen molar-refractivity contribution < 1.29 is 13.7 Å². The summed E-state index contributed by atoms with van der Waals surface area (Å²) in [6.07, 6.45) is 1.67. The number of nitrogens with one attached hydrogen (secondary N) is 1. The minimum atomic E-state index is -0.527. The molecule has 3 aromatic rings. The molecule has 4 rings (SSSR count). The predicted molar refractivity (Wildman–Crippen MR) is 111 cm³/mol. The van der Waals surface area contributed by atoms with E-state index in [1.54, 1.807) is 4.90 Å². The second-order valence-corrected chi connectivity index (χ2v) is 8.13. The maximum atomic E-state index is 13.3. The van der Waals surface area contributed by atoms with Crippen molar-refractivity contribution in [2.24, 2.45) is 0 Å². The Hall–Kier alpha value is -2.45. The van der Waals surface area contributed by atoms with Gasteiger partial charge in [0.1, 0.15) is 5.82 Å². The van der Waals surface area contributed by atoms with Gasteiger partial charge in [0.15, 0.2) is 0 Å². The topological polar surface area (TPSA) is 71.3 Å². The van der Waals surface area contributed by atoms with Crippen LogP contribution >= 0.6 is 27.5 Å². The second kappa shape index (κ2) is 8.51. The summed E-state index contributed by atoms with van der Waals surface area (Å²) in [7, 11) is 0. The number of urea groups is 1. The zero-order valence-electron chi connectivity index (χ0n) is 15.2. The summed E-state index contributed by atoms with van der Waals surface area (Å²) in [6, 6.07) is 11.5. The van der Waals surface area contributed by atoms with Gasteiger partial charge < -0.3 is 14.7 Å². The third-order valence-electron chi connectivity index (χ3n) is 4.77. The van der Waals surface area contributed by atoms with Crippen molar-refractivity contribution in [2.75, 3.05) is 18.4 Å². The largest absolute Gasteiger partial charge is 0.339 e. The molecule has 6 nitrogen and oxygen atoms in total. The molecule has 1 unspecified atom stereocenters. The Kier molecular flexibility index (Phi) is 5.82. The number of amides is 2. The van der Waals surface area contributed by atoms with Gasteiger partial charge in [0.2, 0.25) is 11.7 Å². The number of halogens is 3. The molecule has 0 aliphatic carbocycles. The molecule has 0 bridgehead atoms. The van der Waals surface area contributed by atoms with E-state index < -0.39 is 5.82 Å². The molecule has 1 N–H and O–H groups in total. The van der Waals surface area contributed by atoms with E-state index in [-0.39, 0.29) is 17.0 Å². The van der Waals surface area contributed by atoms with Crippen molar-refractivity contribution >= 4 is 39.2 Å². The zero-order chi connectivity index (χ0) is 20.4. The number of hydrogen-bond acceptors (Lipinski definition) is 4. The Morgan fingerprint density at radius 2 is 2.07 bits per heavy atom. The molecule has 2 heterocycles. The molecule has 0 spiro atoms. The maximum Gasteiger partial charge on any atom is 0.321 e. The fourth-order valence-electron chi connectivity index (χ4n) is 3.26. The quantitative estimate of drug-likeness (QED) is 0.523. The average molecular weight is 480 g/mol. The molecule has 1 fully saturated rings. The molecule has 1 aliphatic heterocycles. The molecule has 150 valence electrons. The molecule has 0 saturated carbocycles. The smallest absolute Gasteiger partial charge is 0.321 e. The summed E-state index contributed by atoms with van der Waals surface area (Å²) >= 11 is 9.18. The monoisotopic (exact) mass is 478 g/mol. The Morgan fingerprint density at radius 1 is 1.28 bits per heavy atom. The van der Waals surface area contributed by atoms with Crippen LogP contribution in [0.15, 0.2) is 51.5 Å². The first kappa shape index (κ1) is 19.8. The van der Waals surface area contributed by atoms with Crippen molar-refractivity contribution in [3.8, 4) is 11.4 Å². The highest BCUT2D eigenvalue weighted by Crippen LogP contribution is 2.28. The van der Waals surface area contributed by atoms with Crippen molar-refractivity contribution in [1.82, 2.24) is 15.0 Å². The summed E-state index contributed by atoms with van der Waals surface area (Å²) in [6.45, 7) is 1.08. The number of anilines is 1. The highest BCUT2D eigenvalue weighted by Gasteiger charge is 2.29. The molecule has 2 amide bonds. The number of hydrogen-bond donors (Lipinski definition) is 1. The van der Waals surface area contributed by atoms with Gasteiger partial charge in [-0.1, -0.05) is 32.7 Å². The molecule has 1 atom stereocenters. The molecule has 29 heavy (non-hydrogen) atoms. The van der Waals surface area contributed by atoms with Crippen LogP contribution in [0, 0.1) is 5.82 Å². The molecule has 1 saturated heterocycles. The van der Waals surface area contributed by atoms with Gasteiger partial charge >= 0.3 is 6.03 Å². The highest BCUT2D eigenvalue weighted by molar-refractivity contribution is 9.10. The van der Waals surface area contributed by atoms with Crippen LogP contribution in [-0.2, 0) is 0 Å². The van der Waals surface area contributed by atoms with E-state index in [0.29, 0.717) is 30.5 Å². The zero-order valence-corrected chi connectivity index (χ0v) is 17.6. The first-order valence-electron chi connectivity index (χ1n) is 9.10. The Balaban J connectivity index is 1.43. The van der Waals surface area contributed by atoms with Gasteiger partial charge in [-0.15, -0.1) is 0 Å². The van der Waals surface area contributed by atoms with E-state index >= 15 is 0 Å². The third kappa shape index (κ3) is 4.59. The average Bonchev–Trinajstić information content (AvgIpc) is 3.22. The lowest BCUT2D eigenvalue weighted by Crippen LogP contribution is -2.41. The number of nitrogens with zero attached hydrogens (tertiary/aromatic N) is 3. The molecule has 9 heteroatoms. The molecular formula is C20H17BrClFN4O2. The standard InChI is InChI=1S/C20H17BrClFN4O2/c21-14-5-3-12(4-6-14)18-25-19(29-26-18)13-2-1-9-27(11-13)20(28)24-15-7-8-17(23)16(22)10-15/h3-8,10,13H,1-2,9,11H2,(H,24,28). The van der Waals surface area contributed by atoms with Crippen LogP contribution in [0.1, 0.15) is 24.7 Å². The molecule has 0 radical (unpaired) electrons. The molecular weight excluding hydrogens is 463 g/mol.